The predicted molar refractivity (Wildman–Crippen MR) is 83.6 cm³/mol. The molecule has 0 saturated carbocycles. The molecule has 24 heavy (non-hydrogen) atoms. The first-order valence-electron chi connectivity index (χ1n) is 6.64. The molecule has 0 bridgehead atoms. The van der Waals surface area contributed by atoms with E-state index in [9.17, 15) is 9.18 Å². The van der Waals surface area contributed by atoms with Crippen molar-refractivity contribution in [3.05, 3.63) is 47.0 Å². The van der Waals surface area contributed by atoms with E-state index in [4.69, 9.17) is 17.3 Å². The van der Waals surface area contributed by atoms with Crippen LogP contribution >= 0.6 is 11.6 Å². The summed E-state index contributed by atoms with van der Waals surface area (Å²) in [6, 6.07) is 4.93. The third-order valence-corrected chi connectivity index (χ3v) is 3.55. The lowest BCUT2D eigenvalue weighted by Gasteiger charge is -2.04. The van der Waals surface area contributed by atoms with Crippen LogP contribution in [0, 0.1) is 5.82 Å². The largest absolute Gasteiger partial charge is 0.381 e. The highest BCUT2D eigenvalue weighted by Crippen LogP contribution is 2.19. The van der Waals surface area contributed by atoms with Gasteiger partial charge in [-0.15, -0.1) is 10.2 Å². The Morgan fingerprint density at radius 1 is 1.38 bits per heavy atom. The molecule has 0 fully saturated rings. The van der Waals surface area contributed by atoms with Crippen molar-refractivity contribution in [3.8, 4) is 0 Å². The summed E-state index contributed by atoms with van der Waals surface area (Å²) in [7, 11) is 0. The van der Waals surface area contributed by atoms with Crippen molar-refractivity contribution < 1.29 is 9.18 Å². The van der Waals surface area contributed by atoms with Crippen molar-refractivity contribution >= 4 is 40.0 Å². The molecule has 0 aliphatic rings. The van der Waals surface area contributed by atoms with Gasteiger partial charge in [0.05, 0.1) is 12.4 Å². The Kier molecular flexibility index (Phi) is 3.06. The van der Waals surface area contributed by atoms with Gasteiger partial charge in [0.2, 0.25) is 0 Å². The predicted octanol–water partition coefficient (Wildman–Crippen LogP) is 1.23. The van der Waals surface area contributed by atoms with Crippen LogP contribution in [-0.2, 0) is 0 Å². The molecule has 3 heterocycles. The van der Waals surface area contributed by atoms with Gasteiger partial charge < -0.3 is 5.73 Å². The number of carbonyl (C=O) groups is 1. The zero-order valence-corrected chi connectivity index (χ0v) is 12.6. The molecule has 0 spiro atoms. The van der Waals surface area contributed by atoms with E-state index in [1.165, 1.54) is 0 Å². The molecule has 1 aromatic carbocycles. The van der Waals surface area contributed by atoms with E-state index in [2.05, 4.69) is 25.8 Å². The van der Waals surface area contributed by atoms with E-state index in [1.807, 2.05) is 0 Å². The fourth-order valence-corrected chi connectivity index (χ4v) is 2.44. The normalized spacial score (nSPS) is 11.2. The van der Waals surface area contributed by atoms with Crippen LogP contribution in [0.1, 0.15) is 10.4 Å². The summed E-state index contributed by atoms with van der Waals surface area (Å²) in [5.41, 5.74) is 9.44. The van der Waals surface area contributed by atoms with E-state index >= 15 is 0 Å². The first-order chi connectivity index (χ1) is 11.5. The van der Waals surface area contributed by atoms with Crippen molar-refractivity contribution in [2.75, 3.05) is 11.2 Å². The van der Waals surface area contributed by atoms with Gasteiger partial charge >= 0.3 is 0 Å². The van der Waals surface area contributed by atoms with E-state index in [0.29, 0.717) is 16.1 Å². The summed E-state index contributed by atoms with van der Waals surface area (Å²) in [6.45, 7) is 0. The van der Waals surface area contributed by atoms with E-state index in [0.717, 1.165) is 21.7 Å². The summed E-state index contributed by atoms with van der Waals surface area (Å²) in [4.78, 5) is 17.5. The van der Waals surface area contributed by atoms with Crippen molar-refractivity contribution in [3.63, 3.8) is 0 Å². The Bertz CT molecular complexity index is 1100. The Morgan fingerprint density at radius 3 is 3.04 bits per heavy atom. The SMILES string of the molecule is Nc1nn2cc(F)cnc2c1C(=O)Nn1nnc2ccc(Cl)cc21. The number of nitrogen functional groups attached to an aromatic ring is 1. The molecule has 4 rings (SSSR count). The molecule has 3 aromatic heterocycles. The number of halogens is 2. The lowest BCUT2D eigenvalue weighted by atomic mass is 10.3. The van der Waals surface area contributed by atoms with Crippen LogP contribution in [0.25, 0.3) is 16.7 Å². The Balaban J connectivity index is 1.76. The van der Waals surface area contributed by atoms with Crippen molar-refractivity contribution in [2.45, 2.75) is 0 Å². The van der Waals surface area contributed by atoms with Gasteiger partial charge in [0.1, 0.15) is 16.6 Å². The summed E-state index contributed by atoms with van der Waals surface area (Å²) in [6.07, 6.45) is 2.04. The van der Waals surface area contributed by atoms with Gasteiger partial charge in [-0.05, 0) is 23.4 Å². The number of hydrogen-bond donors (Lipinski definition) is 2. The number of anilines is 1. The minimum absolute atomic E-state index is 0.000628. The van der Waals surface area contributed by atoms with Crippen LogP contribution in [0.3, 0.4) is 0 Å². The Hall–Kier alpha value is -3.27. The average molecular weight is 347 g/mol. The number of fused-ring (bicyclic) bond motifs is 2. The van der Waals surface area contributed by atoms with E-state index < -0.39 is 11.7 Å². The lowest BCUT2D eigenvalue weighted by molar-refractivity contribution is 0.101. The zero-order chi connectivity index (χ0) is 16.8. The summed E-state index contributed by atoms with van der Waals surface area (Å²) < 4.78 is 14.3. The maximum absolute atomic E-state index is 13.2. The minimum atomic E-state index is -0.617. The second-order valence-electron chi connectivity index (χ2n) is 4.88. The first-order valence-corrected chi connectivity index (χ1v) is 7.02. The standard InChI is InChI=1S/C13H8ClFN8O/c14-6-1-2-8-9(3-6)23(21-18-8)20-13(24)10-11(16)19-22-5-7(15)4-17-12(10)22/h1-5H,(H2,16,19)(H,20,24). The summed E-state index contributed by atoms with van der Waals surface area (Å²) in [5, 5.41) is 12.1. The fraction of sp³-hybridized carbons (Fsp3) is 0. The van der Waals surface area contributed by atoms with Crippen molar-refractivity contribution in [1.29, 1.82) is 0 Å². The highest BCUT2D eigenvalue weighted by molar-refractivity contribution is 6.31. The topological polar surface area (TPSA) is 116 Å². The summed E-state index contributed by atoms with van der Waals surface area (Å²) in [5.74, 6) is -1.31. The van der Waals surface area contributed by atoms with Gasteiger partial charge in [0, 0.05) is 5.02 Å². The number of hydrogen-bond acceptors (Lipinski definition) is 6. The van der Waals surface area contributed by atoms with Gasteiger partial charge in [-0.2, -0.15) is 4.79 Å². The molecule has 0 saturated heterocycles. The average Bonchev–Trinajstić information content (AvgIpc) is 3.07. The minimum Gasteiger partial charge on any atom is -0.381 e. The molecule has 120 valence electrons. The number of amides is 1. The van der Waals surface area contributed by atoms with Crippen molar-refractivity contribution in [2.24, 2.45) is 0 Å². The highest BCUT2D eigenvalue weighted by Gasteiger charge is 2.21. The van der Waals surface area contributed by atoms with E-state index in [-0.39, 0.29) is 17.0 Å². The maximum atomic E-state index is 13.2. The molecular formula is C13H8ClFN8O. The summed E-state index contributed by atoms with van der Waals surface area (Å²) >= 11 is 5.94. The molecule has 9 nitrogen and oxygen atoms in total. The molecule has 1 amide bonds. The second kappa shape index (κ2) is 5.13. The molecule has 0 radical (unpaired) electrons. The third kappa shape index (κ3) is 2.20. The van der Waals surface area contributed by atoms with Gasteiger partial charge in [-0.25, -0.2) is 19.3 Å². The van der Waals surface area contributed by atoms with Gasteiger partial charge in [0.15, 0.2) is 17.3 Å². The van der Waals surface area contributed by atoms with Crippen LogP contribution in [-0.4, -0.2) is 35.6 Å². The van der Waals surface area contributed by atoms with Gasteiger partial charge in [0.25, 0.3) is 5.91 Å². The maximum Gasteiger partial charge on any atom is 0.279 e. The monoisotopic (exact) mass is 346 g/mol. The van der Waals surface area contributed by atoms with Crippen LogP contribution in [0.5, 0.6) is 0 Å². The van der Waals surface area contributed by atoms with Gasteiger partial charge in [-0.3, -0.25) is 4.79 Å². The molecule has 0 atom stereocenters. The number of benzene rings is 1. The quantitative estimate of drug-likeness (QED) is 0.564. The second-order valence-corrected chi connectivity index (χ2v) is 5.31. The lowest BCUT2D eigenvalue weighted by Crippen LogP contribution is -2.24. The molecule has 0 aliphatic carbocycles. The Morgan fingerprint density at radius 2 is 2.21 bits per heavy atom. The number of nitrogens with one attached hydrogen (secondary N) is 1. The van der Waals surface area contributed by atoms with Gasteiger partial charge in [-0.1, -0.05) is 11.6 Å². The number of nitrogens with zero attached hydrogens (tertiary/aromatic N) is 6. The molecule has 4 aromatic rings. The van der Waals surface area contributed by atoms with Crippen LogP contribution < -0.4 is 11.2 Å². The number of rotatable bonds is 2. The van der Waals surface area contributed by atoms with E-state index in [1.54, 1.807) is 18.2 Å². The fourth-order valence-electron chi connectivity index (χ4n) is 2.27. The molecule has 0 unspecified atom stereocenters. The smallest absolute Gasteiger partial charge is 0.279 e. The van der Waals surface area contributed by atoms with Crippen LogP contribution in [0.2, 0.25) is 5.02 Å². The third-order valence-electron chi connectivity index (χ3n) is 3.31. The molecular weight excluding hydrogens is 339 g/mol. The molecule has 0 aliphatic heterocycles. The molecule has 11 heteroatoms. The molecule has 3 N–H and O–H groups in total. The number of aromatic nitrogens is 6. The first kappa shape index (κ1) is 14.3. The van der Waals surface area contributed by atoms with Crippen molar-refractivity contribution in [1.82, 2.24) is 29.7 Å². The highest BCUT2D eigenvalue weighted by atomic mass is 35.5. The number of carbonyl (C=O) groups excluding carboxylic acids is 1. The van der Waals surface area contributed by atoms with Crippen LogP contribution in [0.4, 0.5) is 10.2 Å². The number of nitrogens with two attached hydrogens (primary N) is 1. The zero-order valence-electron chi connectivity index (χ0n) is 11.8. The Labute approximate surface area is 137 Å². The van der Waals surface area contributed by atoms with Crippen LogP contribution in [0.15, 0.2) is 30.6 Å².